The summed E-state index contributed by atoms with van der Waals surface area (Å²) in [7, 11) is 0.204. The Bertz CT molecular complexity index is 864. The molecule has 0 radical (unpaired) electrons. The van der Waals surface area contributed by atoms with E-state index in [-0.39, 0.29) is 5.91 Å². The first-order chi connectivity index (χ1) is 11.7. The topological polar surface area (TPSA) is 51.2 Å². The third kappa shape index (κ3) is 5.58. The lowest BCUT2D eigenvalue weighted by Crippen LogP contribution is -2.16. The van der Waals surface area contributed by atoms with Crippen molar-refractivity contribution in [3.8, 4) is 28.5 Å². The second-order valence-electron chi connectivity index (χ2n) is 6.65. The molecule has 0 saturated carbocycles. The van der Waals surface area contributed by atoms with Crippen LogP contribution >= 0.6 is 22.6 Å². The molecule has 2 aromatic rings. The highest BCUT2D eigenvalue weighted by Crippen LogP contribution is 2.28. The van der Waals surface area contributed by atoms with Gasteiger partial charge in [0.05, 0.1) is 30.3 Å². The summed E-state index contributed by atoms with van der Waals surface area (Å²) in [6.07, 6.45) is 1.67. The lowest BCUT2D eigenvalue weighted by atomic mass is 10.1. The molecule has 0 spiro atoms. The normalized spacial score (nSPS) is 10.6. The molecule has 0 saturated heterocycles. The average molecular weight is 464 g/mol. The molecule has 0 fully saturated rings. The lowest BCUT2D eigenvalue weighted by Gasteiger charge is -2.10. The van der Waals surface area contributed by atoms with E-state index >= 15 is 0 Å². The number of carbonyl (C=O) groups is 1. The maximum Gasteiger partial charge on any atom is 0.221 e. The Morgan fingerprint density at radius 2 is 2.00 bits per heavy atom. The highest BCUT2D eigenvalue weighted by Gasteiger charge is 2.11. The number of hydrogen-bond donors (Lipinski definition) is 1. The van der Waals surface area contributed by atoms with Gasteiger partial charge in [-0.25, -0.2) is 0 Å². The number of nitrogens with zero attached hydrogens (tertiary/aromatic N) is 1. The van der Waals surface area contributed by atoms with Crippen LogP contribution in [-0.4, -0.2) is 26.1 Å². The van der Waals surface area contributed by atoms with Gasteiger partial charge in [-0.05, 0) is 40.8 Å². The van der Waals surface area contributed by atoms with Crippen LogP contribution in [0.4, 0.5) is 5.69 Å². The van der Waals surface area contributed by atoms with Crippen molar-refractivity contribution in [2.45, 2.75) is 26.6 Å². The summed E-state index contributed by atoms with van der Waals surface area (Å²) in [6.45, 7) is 8.12. The minimum atomic E-state index is -1.45. The monoisotopic (exact) mass is 464 g/mol. The molecule has 0 atom stereocenters. The van der Waals surface area contributed by atoms with Gasteiger partial charge in [-0.3, -0.25) is 9.78 Å². The largest absolute Gasteiger partial charge is 0.495 e. The van der Waals surface area contributed by atoms with Gasteiger partial charge in [0.2, 0.25) is 5.91 Å². The summed E-state index contributed by atoms with van der Waals surface area (Å²) < 4.78 is 6.44. The van der Waals surface area contributed by atoms with Gasteiger partial charge in [0.15, 0.2) is 0 Å². The standard InChI is InChI=1S/C19H21IN2O2Si/c1-13(23)22-18-12-21-17(11-16(18)20)15-7-6-14(19(10-15)24-2)8-9-25(3,4)5/h6-7,10-12H,1-5H3,(H,22,23). The number of ether oxygens (including phenoxy) is 1. The molecule has 1 amide bonds. The van der Waals surface area contributed by atoms with E-state index in [1.807, 2.05) is 24.3 Å². The van der Waals surface area contributed by atoms with Crippen LogP contribution in [0.3, 0.4) is 0 Å². The number of pyridine rings is 1. The molecule has 6 heteroatoms. The minimum absolute atomic E-state index is 0.112. The van der Waals surface area contributed by atoms with Crippen LogP contribution in [0, 0.1) is 15.0 Å². The van der Waals surface area contributed by atoms with E-state index in [0.717, 1.165) is 26.1 Å². The third-order valence-corrected chi connectivity index (χ3v) is 5.00. The highest BCUT2D eigenvalue weighted by molar-refractivity contribution is 14.1. The van der Waals surface area contributed by atoms with Crippen molar-refractivity contribution in [3.63, 3.8) is 0 Å². The van der Waals surface area contributed by atoms with Gasteiger partial charge in [-0.2, -0.15) is 0 Å². The van der Waals surface area contributed by atoms with E-state index in [1.165, 1.54) is 6.92 Å². The zero-order valence-electron chi connectivity index (χ0n) is 15.0. The van der Waals surface area contributed by atoms with E-state index < -0.39 is 8.07 Å². The molecule has 1 aromatic heterocycles. The van der Waals surface area contributed by atoms with Crippen molar-refractivity contribution >= 4 is 42.3 Å². The number of hydrogen-bond acceptors (Lipinski definition) is 3. The number of amides is 1. The van der Waals surface area contributed by atoms with Crippen molar-refractivity contribution < 1.29 is 9.53 Å². The summed E-state index contributed by atoms with van der Waals surface area (Å²) in [5.41, 5.74) is 6.72. The number of halogens is 1. The third-order valence-electron chi connectivity index (χ3n) is 3.23. The number of methoxy groups -OCH3 is 1. The molecule has 1 heterocycles. The first-order valence-electron chi connectivity index (χ1n) is 7.84. The van der Waals surface area contributed by atoms with Gasteiger partial charge < -0.3 is 10.1 Å². The first-order valence-corrected chi connectivity index (χ1v) is 12.4. The smallest absolute Gasteiger partial charge is 0.221 e. The molecule has 0 bridgehead atoms. The van der Waals surface area contributed by atoms with Crippen molar-refractivity contribution in [1.82, 2.24) is 4.98 Å². The van der Waals surface area contributed by atoms with Crippen molar-refractivity contribution in [1.29, 1.82) is 0 Å². The molecule has 0 unspecified atom stereocenters. The molecule has 130 valence electrons. The molecule has 1 aromatic carbocycles. The Morgan fingerprint density at radius 1 is 1.28 bits per heavy atom. The Morgan fingerprint density at radius 3 is 2.56 bits per heavy atom. The zero-order chi connectivity index (χ0) is 18.6. The van der Waals surface area contributed by atoms with Crippen LogP contribution in [-0.2, 0) is 4.79 Å². The number of nitrogens with one attached hydrogen (secondary N) is 1. The summed E-state index contributed by atoms with van der Waals surface area (Å²) in [5, 5.41) is 2.77. The second-order valence-corrected chi connectivity index (χ2v) is 12.6. The Balaban J connectivity index is 2.39. The van der Waals surface area contributed by atoms with Gasteiger partial charge in [-0.15, -0.1) is 5.54 Å². The molecule has 4 nitrogen and oxygen atoms in total. The first kappa shape index (κ1) is 19.5. The van der Waals surface area contributed by atoms with Crippen molar-refractivity contribution in [2.24, 2.45) is 0 Å². The molecular weight excluding hydrogens is 443 g/mol. The summed E-state index contributed by atoms with van der Waals surface area (Å²) in [6, 6.07) is 7.85. The van der Waals surface area contributed by atoms with E-state index in [9.17, 15) is 4.79 Å². The maximum absolute atomic E-state index is 11.2. The quantitative estimate of drug-likeness (QED) is 0.412. The van der Waals surface area contributed by atoms with Gasteiger partial charge in [-0.1, -0.05) is 31.6 Å². The second kappa shape index (κ2) is 8.02. The molecular formula is C19H21IN2O2Si. The fraction of sp³-hybridized carbons (Fsp3) is 0.263. The molecule has 2 rings (SSSR count). The summed E-state index contributed by atoms with van der Waals surface area (Å²) in [5.74, 6) is 3.87. The fourth-order valence-electron chi connectivity index (χ4n) is 2.08. The van der Waals surface area contributed by atoms with Crippen LogP contribution in [0.25, 0.3) is 11.3 Å². The molecule has 25 heavy (non-hydrogen) atoms. The lowest BCUT2D eigenvalue weighted by molar-refractivity contribution is -0.114. The number of anilines is 1. The van der Waals surface area contributed by atoms with Gasteiger partial charge in [0.1, 0.15) is 13.8 Å². The zero-order valence-corrected chi connectivity index (χ0v) is 18.2. The van der Waals surface area contributed by atoms with Crippen LogP contribution < -0.4 is 10.1 Å². The van der Waals surface area contributed by atoms with Gasteiger partial charge >= 0.3 is 0 Å². The van der Waals surface area contributed by atoms with Gasteiger partial charge in [0.25, 0.3) is 0 Å². The predicted molar refractivity (Wildman–Crippen MR) is 113 cm³/mol. The van der Waals surface area contributed by atoms with Crippen molar-refractivity contribution in [2.75, 3.05) is 12.4 Å². The van der Waals surface area contributed by atoms with Gasteiger partial charge in [0, 0.05) is 16.1 Å². The number of rotatable bonds is 3. The molecule has 0 aliphatic rings. The number of benzene rings is 1. The van der Waals surface area contributed by atoms with Crippen molar-refractivity contribution in [3.05, 3.63) is 39.6 Å². The minimum Gasteiger partial charge on any atom is -0.495 e. The van der Waals surface area contributed by atoms with E-state index in [2.05, 4.69) is 64.0 Å². The summed E-state index contributed by atoms with van der Waals surface area (Å²) >= 11 is 2.19. The maximum atomic E-state index is 11.2. The molecule has 0 aliphatic carbocycles. The highest BCUT2D eigenvalue weighted by atomic mass is 127. The number of aromatic nitrogens is 1. The van der Waals surface area contributed by atoms with Crippen LogP contribution in [0.2, 0.25) is 19.6 Å². The van der Waals surface area contributed by atoms with E-state index in [0.29, 0.717) is 5.69 Å². The predicted octanol–water partition coefficient (Wildman–Crippen LogP) is 4.55. The average Bonchev–Trinajstić information content (AvgIpc) is 2.53. The van der Waals surface area contributed by atoms with E-state index in [1.54, 1.807) is 13.3 Å². The van der Waals surface area contributed by atoms with Crippen LogP contribution in [0.15, 0.2) is 30.5 Å². The van der Waals surface area contributed by atoms with Crippen LogP contribution in [0.1, 0.15) is 12.5 Å². The number of carbonyl (C=O) groups excluding carboxylic acids is 1. The Labute approximate surface area is 163 Å². The Kier molecular flexibility index (Phi) is 6.24. The molecule has 1 N–H and O–H groups in total. The fourth-order valence-corrected chi connectivity index (χ4v) is 3.16. The summed E-state index contributed by atoms with van der Waals surface area (Å²) in [4.78, 5) is 15.7. The SMILES string of the molecule is COc1cc(-c2cc(I)c(NC(C)=O)cn2)ccc1C#C[Si](C)(C)C. The van der Waals surface area contributed by atoms with Crippen LogP contribution in [0.5, 0.6) is 5.75 Å². The Hall–Kier alpha value is -1.85. The molecule has 0 aliphatic heterocycles. The van der Waals surface area contributed by atoms with E-state index in [4.69, 9.17) is 4.74 Å².